The molecule has 1 aliphatic heterocycles. The monoisotopic (exact) mass is 560 g/mol. The van der Waals surface area contributed by atoms with E-state index in [1.807, 2.05) is 20.8 Å². The van der Waals surface area contributed by atoms with E-state index < -0.39 is 32.0 Å². The second-order valence-corrected chi connectivity index (χ2v) is 14.0. The van der Waals surface area contributed by atoms with E-state index in [0.717, 1.165) is 14.2 Å². The second-order valence-electron chi connectivity index (χ2n) is 10.1. The molecule has 12 heteroatoms. The summed E-state index contributed by atoms with van der Waals surface area (Å²) in [6.07, 6.45) is 1.61. The number of pyridine rings is 1. The molecule has 0 spiro atoms. The maximum Gasteiger partial charge on any atom is 0.243 e. The van der Waals surface area contributed by atoms with Crippen LogP contribution in [-0.4, -0.2) is 80.3 Å². The number of carbonyl (C=O) groups is 1. The number of benzene rings is 2. The van der Waals surface area contributed by atoms with Gasteiger partial charge < -0.3 is 10.4 Å². The number of hydrogen-bond donors (Lipinski definition) is 2. The highest BCUT2D eigenvalue weighted by atomic mass is 32.2. The Balaban J connectivity index is 1.66. The molecule has 0 aliphatic carbocycles. The Morgan fingerprint density at radius 2 is 1.68 bits per heavy atom. The van der Waals surface area contributed by atoms with Crippen LogP contribution in [0.25, 0.3) is 10.9 Å². The third-order valence-corrected chi connectivity index (χ3v) is 10.3. The van der Waals surface area contributed by atoms with Crippen molar-refractivity contribution < 1.29 is 26.7 Å². The quantitative estimate of drug-likeness (QED) is 0.449. The van der Waals surface area contributed by atoms with Crippen LogP contribution in [0.3, 0.4) is 0 Å². The van der Waals surface area contributed by atoms with E-state index >= 15 is 0 Å². The third-order valence-electron chi connectivity index (χ3n) is 6.55. The summed E-state index contributed by atoms with van der Waals surface area (Å²) in [7, 11) is -8.17. The summed E-state index contributed by atoms with van der Waals surface area (Å²) in [5, 5.41) is 12.3. The molecule has 1 aliphatic rings. The molecule has 0 radical (unpaired) electrons. The Kier molecular flexibility index (Phi) is 7.91. The van der Waals surface area contributed by atoms with Gasteiger partial charge in [-0.25, -0.2) is 16.8 Å². The number of aromatic nitrogens is 1. The fraction of sp³-hybridized carbons (Fsp3) is 0.385. The Morgan fingerprint density at radius 1 is 1.00 bits per heavy atom. The normalized spacial score (nSPS) is 17.9. The molecule has 4 rings (SSSR count). The van der Waals surface area contributed by atoms with Crippen LogP contribution in [0.5, 0.6) is 0 Å². The first-order valence-corrected chi connectivity index (χ1v) is 15.1. The molecule has 3 aromatic rings. The van der Waals surface area contributed by atoms with Gasteiger partial charge in [-0.3, -0.25) is 9.78 Å². The highest BCUT2D eigenvalue weighted by Gasteiger charge is 2.43. The van der Waals surface area contributed by atoms with Crippen molar-refractivity contribution in [3.8, 4) is 0 Å². The first-order valence-electron chi connectivity index (χ1n) is 12.2. The summed E-state index contributed by atoms with van der Waals surface area (Å²) in [4.78, 5) is 17.3. The summed E-state index contributed by atoms with van der Waals surface area (Å²) in [5.74, 6) is -0.687. The lowest BCUT2D eigenvalue weighted by molar-refractivity contribution is -0.126. The van der Waals surface area contributed by atoms with Crippen LogP contribution < -0.4 is 5.32 Å². The van der Waals surface area contributed by atoms with E-state index in [1.165, 1.54) is 24.3 Å². The van der Waals surface area contributed by atoms with Gasteiger partial charge >= 0.3 is 0 Å². The Morgan fingerprint density at radius 3 is 2.34 bits per heavy atom. The fourth-order valence-corrected chi connectivity index (χ4v) is 7.43. The Bertz CT molecular complexity index is 1530. The number of piperazine rings is 1. The number of carbonyl (C=O) groups excluding carboxylic acids is 1. The highest BCUT2D eigenvalue weighted by Crippen LogP contribution is 2.28. The van der Waals surface area contributed by atoms with Crippen LogP contribution >= 0.6 is 0 Å². The lowest BCUT2D eigenvalue weighted by Crippen LogP contribution is -2.61. The standard InChI is InChI=1S/C26H32N4O6S2/c1-26(2,3)20-6-8-21(9-7-20)37(33,34)29-14-15-30(24(18-29)25(32)28-13-16-31)38(35,36)22-10-11-23-19(17-22)5-4-12-27-23/h4-12,17,24,31H,13-16,18H2,1-3H3,(H,28,32). The number of aliphatic hydroxyl groups excluding tert-OH is 1. The maximum atomic E-state index is 13.7. The highest BCUT2D eigenvalue weighted by molar-refractivity contribution is 7.89. The zero-order valence-corrected chi connectivity index (χ0v) is 23.2. The van der Waals surface area contributed by atoms with Crippen LogP contribution in [-0.2, 0) is 30.3 Å². The maximum absolute atomic E-state index is 13.7. The summed E-state index contributed by atoms with van der Waals surface area (Å²) in [5.41, 5.74) is 1.44. The molecule has 1 atom stereocenters. The zero-order chi connectivity index (χ0) is 27.7. The predicted octanol–water partition coefficient (Wildman–Crippen LogP) is 1.70. The summed E-state index contributed by atoms with van der Waals surface area (Å²) in [6.45, 7) is 4.94. The van der Waals surface area contributed by atoms with Gasteiger partial charge in [0.05, 0.1) is 21.9 Å². The molecular formula is C26H32N4O6S2. The topological polar surface area (TPSA) is 137 Å². The third kappa shape index (κ3) is 5.59. The van der Waals surface area contributed by atoms with Crippen molar-refractivity contribution in [1.82, 2.24) is 18.9 Å². The molecule has 2 aromatic carbocycles. The van der Waals surface area contributed by atoms with Gasteiger partial charge in [0.2, 0.25) is 26.0 Å². The van der Waals surface area contributed by atoms with Gasteiger partial charge in [0.25, 0.3) is 0 Å². The number of nitrogens with zero attached hydrogens (tertiary/aromatic N) is 3. The van der Waals surface area contributed by atoms with Crippen molar-refractivity contribution in [2.75, 3.05) is 32.8 Å². The number of hydrogen-bond acceptors (Lipinski definition) is 7. The van der Waals surface area contributed by atoms with Crippen LogP contribution in [0.2, 0.25) is 0 Å². The van der Waals surface area contributed by atoms with Gasteiger partial charge in [-0.15, -0.1) is 0 Å². The van der Waals surface area contributed by atoms with Gasteiger partial charge in [0.1, 0.15) is 6.04 Å². The van der Waals surface area contributed by atoms with Gasteiger partial charge in [0.15, 0.2) is 0 Å². The van der Waals surface area contributed by atoms with E-state index in [-0.39, 0.29) is 48.0 Å². The van der Waals surface area contributed by atoms with Gasteiger partial charge in [-0.05, 0) is 47.4 Å². The van der Waals surface area contributed by atoms with Crippen molar-refractivity contribution in [2.24, 2.45) is 0 Å². The fourth-order valence-electron chi connectivity index (χ4n) is 4.38. The molecule has 2 N–H and O–H groups in total. The van der Waals surface area contributed by atoms with Crippen LogP contribution in [0.15, 0.2) is 70.6 Å². The predicted molar refractivity (Wildman–Crippen MR) is 143 cm³/mol. The van der Waals surface area contributed by atoms with E-state index in [4.69, 9.17) is 5.11 Å². The molecule has 1 unspecified atom stereocenters. The summed E-state index contributed by atoms with van der Waals surface area (Å²) < 4.78 is 56.5. The second kappa shape index (κ2) is 10.7. The first kappa shape index (κ1) is 28.1. The molecular weight excluding hydrogens is 528 g/mol. The van der Waals surface area contributed by atoms with Gasteiger partial charge in [-0.1, -0.05) is 39.0 Å². The SMILES string of the molecule is CC(C)(C)c1ccc(S(=O)(=O)N2CCN(S(=O)(=O)c3ccc4ncccc4c3)C(C(=O)NCCO)C2)cc1. The molecule has 1 aromatic heterocycles. The minimum atomic E-state index is -4.17. The molecule has 0 saturated carbocycles. The molecule has 2 heterocycles. The van der Waals surface area contributed by atoms with Gasteiger partial charge in [-0.2, -0.15) is 8.61 Å². The molecule has 1 amide bonds. The van der Waals surface area contributed by atoms with Crippen molar-refractivity contribution in [1.29, 1.82) is 0 Å². The Hall–Kier alpha value is -2.90. The van der Waals surface area contributed by atoms with Crippen LogP contribution in [0, 0.1) is 0 Å². The Labute approximate surface area is 223 Å². The smallest absolute Gasteiger partial charge is 0.243 e. The van der Waals surface area contributed by atoms with Crippen molar-refractivity contribution in [2.45, 2.75) is 42.0 Å². The zero-order valence-electron chi connectivity index (χ0n) is 21.5. The molecule has 0 bridgehead atoms. The van der Waals surface area contributed by atoms with Crippen LogP contribution in [0.1, 0.15) is 26.3 Å². The minimum absolute atomic E-state index is 0.0213. The van der Waals surface area contributed by atoms with E-state index in [2.05, 4.69) is 10.3 Å². The number of sulfonamides is 2. The van der Waals surface area contributed by atoms with E-state index in [0.29, 0.717) is 10.9 Å². The number of amides is 1. The van der Waals surface area contributed by atoms with Crippen LogP contribution in [0.4, 0.5) is 0 Å². The lowest BCUT2D eigenvalue weighted by Gasteiger charge is -2.39. The summed E-state index contributed by atoms with van der Waals surface area (Å²) >= 11 is 0. The number of fused-ring (bicyclic) bond motifs is 1. The molecule has 1 fully saturated rings. The molecule has 38 heavy (non-hydrogen) atoms. The molecule has 204 valence electrons. The largest absolute Gasteiger partial charge is 0.395 e. The average Bonchev–Trinajstić information content (AvgIpc) is 2.90. The van der Waals surface area contributed by atoms with E-state index in [9.17, 15) is 21.6 Å². The van der Waals surface area contributed by atoms with E-state index in [1.54, 1.807) is 36.5 Å². The molecule has 1 saturated heterocycles. The van der Waals surface area contributed by atoms with Crippen molar-refractivity contribution in [3.63, 3.8) is 0 Å². The van der Waals surface area contributed by atoms with Gasteiger partial charge in [0, 0.05) is 37.8 Å². The average molecular weight is 561 g/mol. The summed E-state index contributed by atoms with van der Waals surface area (Å²) in [6, 6.07) is 13.2. The van der Waals surface area contributed by atoms with Crippen molar-refractivity contribution >= 4 is 36.9 Å². The number of rotatable bonds is 7. The lowest BCUT2D eigenvalue weighted by atomic mass is 9.87. The first-order chi connectivity index (χ1) is 17.9. The minimum Gasteiger partial charge on any atom is -0.395 e. The number of aliphatic hydroxyl groups is 1. The number of nitrogens with one attached hydrogen (secondary N) is 1. The molecule has 10 nitrogen and oxygen atoms in total. The van der Waals surface area contributed by atoms with Crippen molar-refractivity contribution in [3.05, 3.63) is 66.4 Å².